The number of nitrogens with one attached hydrogen (secondary N) is 1. The maximum absolute atomic E-state index is 12.5. The minimum absolute atomic E-state index is 0.0707. The number of methoxy groups -OCH3 is 1. The van der Waals surface area contributed by atoms with Gasteiger partial charge in [-0.15, -0.1) is 10.2 Å². The van der Waals surface area contributed by atoms with E-state index in [9.17, 15) is 4.79 Å². The number of hydrogen-bond acceptors (Lipinski definition) is 5. The highest BCUT2D eigenvalue weighted by atomic mass is 32.2. The number of fused-ring (bicyclic) bond motifs is 1. The molecule has 0 saturated carbocycles. The summed E-state index contributed by atoms with van der Waals surface area (Å²) >= 11 is 1.61. The van der Waals surface area contributed by atoms with Gasteiger partial charge in [-0.1, -0.05) is 48.2 Å². The normalized spacial score (nSPS) is 11.0. The lowest BCUT2D eigenvalue weighted by molar-refractivity contribution is 0.0955. The summed E-state index contributed by atoms with van der Waals surface area (Å²) in [6.45, 7) is 1.19. The van der Waals surface area contributed by atoms with Crippen LogP contribution < -0.4 is 5.32 Å². The number of nitrogens with zero attached hydrogens (tertiary/aromatic N) is 3. The molecular weight excluding hydrogens is 348 g/mol. The molecule has 0 aliphatic carbocycles. The van der Waals surface area contributed by atoms with Gasteiger partial charge in [-0.25, -0.2) is 0 Å². The lowest BCUT2D eigenvalue weighted by Gasteiger charge is -2.08. The van der Waals surface area contributed by atoms with Gasteiger partial charge in [0, 0.05) is 38.4 Å². The molecule has 2 aromatic carbocycles. The number of aromatic nitrogens is 3. The molecule has 1 N–H and O–H groups in total. The van der Waals surface area contributed by atoms with Crippen LogP contribution in [0, 0.1) is 0 Å². The molecule has 6 nitrogen and oxygen atoms in total. The Kier molecular flexibility index (Phi) is 6.25. The number of carbonyl (C=O) groups excluding carboxylic acids is 1. The minimum atomic E-state index is -0.0707. The van der Waals surface area contributed by atoms with E-state index in [1.165, 1.54) is 0 Å². The maximum atomic E-state index is 12.5. The zero-order valence-electron chi connectivity index (χ0n) is 14.9. The first-order valence-corrected chi connectivity index (χ1v) is 9.45. The van der Waals surface area contributed by atoms with E-state index in [1.807, 2.05) is 54.1 Å². The monoisotopic (exact) mass is 370 g/mol. The summed E-state index contributed by atoms with van der Waals surface area (Å²) in [6.07, 6.45) is 0.630. The molecular formula is C19H22N4O2S. The van der Waals surface area contributed by atoms with Crippen LogP contribution in [0.2, 0.25) is 0 Å². The number of amides is 1. The Morgan fingerprint density at radius 1 is 1.19 bits per heavy atom. The standard InChI is InChI=1S/C19H22N4O2S/c1-23-17(21-22-19(23)26-13-12-25-2)10-11-20-18(24)16-9-5-7-14-6-3-4-8-15(14)16/h3-9H,10-13H2,1-2H3,(H,20,24). The molecule has 26 heavy (non-hydrogen) atoms. The van der Waals surface area contributed by atoms with Gasteiger partial charge in [0.2, 0.25) is 0 Å². The molecule has 3 aromatic rings. The van der Waals surface area contributed by atoms with Crippen molar-refractivity contribution in [1.82, 2.24) is 20.1 Å². The first kappa shape index (κ1) is 18.4. The molecule has 0 atom stereocenters. The fourth-order valence-corrected chi connectivity index (χ4v) is 3.54. The molecule has 1 heterocycles. The molecule has 1 aromatic heterocycles. The molecule has 0 spiro atoms. The third kappa shape index (κ3) is 4.23. The van der Waals surface area contributed by atoms with Crippen LogP contribution in [0.4, 0.5) is 0 Å². The van der Waals surface area contributed by atoms with Gasteiger partial charge in [0.05, 0.1) is 6.61 Å². The van der Waals surface area contributed by atoms with Gasteiger partial charge < -0.3 is 14.6 Å². The number of thioether (sulfide) groups is 1. The van der Waals surface area contributed by atoms with E-state index in [2.05, 4.69) is 15.5 Å². The van der Waals surface area contributed by atoms with Crippen LogP contribution in [-0.4, -0.2) is 46.7 Å². The zero-order valence-corrected chi connectivity index (χ0v) is 15.8. The van der Waals surface area contributed by atoms with Crippen LogP contribution in [0.3, 0.4) is 0 Å². The molecule has 0 aliphatic rings. The number of hydrogen-bond donors (Lipinski definition) is 1. The largest absolute Gasteiger partial charge is 0.384 e. The maximum Gasteiger partial charge on any atom is 0.251 e. The second-order valence-corrected chi connectivity index (χ2v) is 6.89. The highest BCUT2D eigenvalue weighted by Gasteiger charge is 2.12. The van der Waals surface area contributed by atoms with Gasteiger partial charge in [-0.2, -0.15) is 0 Å². The Bertz CT molecular complexity index is 889. The molecule has 0 aliphatic heterocycles. The fourth-order valence-electron chi connectivity index (χ4n) is 2.71. The first-order valence-electron chi connectivity index (χ1n) is 8.46. The van der Waals surface area contributed by atoms with E-state index >= 15 is 0 Å². The van der Waals surface area contributed by atoms with Crippen molar-refractivity contribution in [3.8, 4) is 0 Å². The van der Waals surface area contributed by atoms with Crippen molar-refractivity contribution in [3.05, 3.63) is 53.9 Å². The predicted octanol–water partition coefficient (Wildman–Crippen LogP) is 2.68. The van der Waals surface area contributed by atoms with Gasteiger partial charge in [0.15, 0.2) is 5.16 Å². The molecule has 0 radical (unpaired) electrons. The Balaban J connectivity index is 1.59. The second-order valence-electron chi connectivity index (χ2n) is 5.83. The summed E-state index contributed by atoms with van der Waals surface area (Å²) in [6, 6.07) is 13.7. The molecule has 3 rings (SSSR count). The first-order chi connectivity index (χ1) is 12.7. The molecule has 136 valence electrons. The lowest BCUT2D eigenvalue weighted by atomic mass is 10.0. The summed E-state index contributed by atoms with van der Waals surface area (Å²) in [5.74, 6) is 1.61. The van der Waals surface area contributed by atoms with Gasteiger partial charge in [0.25, 0.3) is 5.91 Å². The summed E-state index contributed by atoms with van der Waals surface area (Å²) in [4.78, 5) is 12.5. The Hall–Kier alpha value is -2.38. The SMILES string of the molecule is COCCSc1nnc(CCNC(=O)c2cccc3ccccc23)n1C. The molecule has 0 fully saturated rings. The third-order valence-electron chi connectivity index (χ3n) is 4.11. The number of rotatable bonds is 8. The lowest BCUT2D eigenvalue weighted by Crippen LogP contribution is -2.26. The summed E-state index contributed by atoms with van der Waals surface area (Å²) in [5.41, 5.74) is 0.692. The van der Waals surface area contributed by atoms with E-state index < -0.39 is 0 Å². The predicted molar refractivity (Wildman–Crippen MR) is 104 cm³/mol. The van der Waals surface area contributed by atoms with Gasteiger partial charge >= 0.3 is 0 Å². The van der Waals surface area contributed by atoms with Gasteiger partial charge in [-0.3, -0.25) is 4.79 Å². The summed E-state index contributed by atoms with van der Waals surface area (Å²) in [5, 5.41) is 14.3. The Labute approximate surface area is 156 Å². The van der Waals surface area contributed by atoms with Crippen LogP contribution >= 0.6 is 11.8 Å². The molecule has 0 bridgehead atoms. The van der Waals surface area contributed by atoms with Crippen LogP contribution in [0.25, 0.3) is 10.8 Å². The quantitative estimate of drug-likeness (QED) is 0.488. The molecule has 1 amide bonds. The highest BCUT2D eigenvalue weighted by Crippen LogP contribution is 2.18. The smallest absolute Gasteiger partial charge is 0.251 e. The van der Waals surface area contributed by atoms with E-state index in [1.54, 1.807) is 18.9 Å². The van der Waals surface area contributed by atoms with Crippen molar-refractivity contribution in [2.75, 3.05) is 26.0 Å². The fraction of sp³-hybridized carbons (Fsp3) is 0.316. The number of benzene rings is 2. The number of carbonyl (C=O) groups is 1. The number of ether oxygens (including phenoxy) is 1. The van der Waals surface area contributed by atoms with E-state index in [0.717, 1.165) is 27.5 Å². The second kappa shape index (κ2) is 8.82. The molecule has 7 heteroatoms. The Morgan fingerprint density at radius 3 is 2.85 bits per heavy atom. The van der Waals surface area contributed by atoms with Crippen LogP contribution in [0.15, 0.2) is 47.6 Å². The molecule has 0 saturated heterocycles. The summed E-state index contributed by atoms with van der Waals surface area (Å²) < 4.78 is 7.01. The Morgan fingerprint density at radius 2 is 2.00 bits per heavy atom. The zero-order chi connectivity index (χ0) is 18.4. The third-order valence-corrected chi connectivity index (χ3v) is 5.10. The average Bonchev–Trinajstić information content (AvgIpc) is 3.01. The molecule has 0 unspecified atom stereocenters. The van der Waals surface area contributed by atoms with Crippen LogP contribution in [0.5, 0.6) is 0 Å². The summed E-state index contributed by atoms with van der Waals surface area (Å²) in [7, 11) is 3.62. The van der Waals surface area contributed by atoms with E-state index in [4.69, 9.17) is 4.74 Å². The van der Waals surface area contributed by atoms with E-state index in [-0.39, 0.29) is 5.91 Å². The van der Waals surface area contributed by atoms with E-state index in [0.29, 0.717) is 25.1 Å². The average molecular weight is 370 g/mol. The van der Waals surface area contributed by atoms with Crippen molar-refractivity contribution in [3.63, 3.8) is 0 Å². The minimum Gasteiger partial charge on any atom is -0.384 e. The highest BCUT2D eigenvalue weighted by molar-refractivity contribution is 7.99. The van der Waals surface area contributed by atoms with Gasteiger partial charge in [-0.05, 0) is 16.8 Å². The van der Waals surface area contributed by atoms with Gasteiger partial charge in [0.1, 0.15) is 5.82 Å². The van der Waals surface area contributed by atoms with Crippen LogP contribution in [-0.2, 0) is 18.2 Å². The van der Waals surface area contributed by atoms with Crippen molar-refractivity contribution < 1.29 is 9.53 Å². The van der Waals surface area contributed by atoms with Crippen LogP contribution in [0.1, 0.15) is 16.2 Å². The van der Waals surface area contributed by atoms with Crippen molar-refractivity contribution in [2.24, 2.45) is 7.05 Å². The van der Waals surface area contributed by atoms with Crippen molar-refractivity contribution >= 4 is 28.4 Å². The topological polar surface area (TPSA) is 69.0 Å². The van der Waals surface area contributed by atoms with Crippen molar-refractivity contribution in [1.29, 1.82) is 0 Å². The van der Waals surface area contributed by atoms with Crippen molar-refractivity contribution in [2.45, 2.75) is 11.6 Å².